The lowest BCUT2D eigenvalue weighted by atomic mass is 9.89. The van der Waals surface area contributed by atoms with Crippen molar-refractivity contribution in [3.63, 3.8) is 0 Å². The predicted octanol–water partition coefficient (Wildman–Crippen LogP) is 7.60. The molecule has 4 aromatic carbocycles. The zero-order valence-corrected chi connectivity index (χ0v) is 32.2. The fourth-order valence-corrected chi connectivity index (χ4v) is 7.79. The molecule has 60 heavy (non-hydrogen) atoms. The minimum absolute atomic E-state index is 0.0111. The molecule has 2 heterocycles. The molecule has 8 rings (SSSR count). The van der Waals surface area contributed by atoms with E-state index in [1.165, 1.54) is 54.6 Å². The molecule has 16 heteroatoms. The number of aromatic carboxylic acids is 2. The summed E-state index contributed by atoms with van der Waals surface area (Å²) in [4.78, 5) is 64.1. The van der Waals surface area contributed by atoms with Gasteiger partial charge in [-0.2, -0.15) is 0 Å². The van der Waals surface area contributed by atoms with Crippen LogP contribution in [0.3, 0.4) is 0 Å². The number of amides is 2. The Kier molecular flexibility index (Phi) is 9.95. The molecular formula is C44H28Cl2N4O10. The van der Waals surface area contributed by atoms with E-state index in [1.54, 1.807) is 42.5 Å². The maximum absolute atomic E-state index is 13.5. The van der Waals surface area contributed by atoms with Crippen LogP contribution in [0.5, 0.6) is 5.75 Å². The summed E-state index contributed by atoms with van der Waals surface area (Å²) < 4.78 is 11.9. The van der Waals surface area contributed by atoms with Crippen LogP contribution in [0.2, 0.25) is 10.0 Å². The lowest BCUT2D eigenvalue weighted by Crippen LogP contribution is -2.36. The van der Waals surface area contributed by atoms with Crippen LogP contribution >= 0.6 is 23.2 Å². The molecule has 0 fully saturated rings. The number of nitrogens with one attached hydrogen (secondary N) is 3. The Morgan fingerprint density at radius 3 is 2.10 bits per heavy atom. The number of halogens is 2. The molecule has 0 saturated heterocycles. The van der Waals surface area contributed by atoms with Gasteiger partial charge in [-0.05, 0) is 71.8 Å². The number of carboxylic acid groups (broad SMARTS) is 2. The smallest absolute Gasteiger partial charge is 0.337 e. The number of hydrogen-bond donors (Lipinski definition) is 7. The van der Waals surface area contributed by atoms with Crippen molar-refractivity contribution >= 4 is 74.6 Å². The average Bonchev–Trinajstić information content (AvgIpc) is 3.20. The van der Waals surface area contributed by atoms with Crippen LogP contribution < -0.4 is 27.2 Å². The molecule has 2 aliphatic carbocycles. The molecule has 0 bridgehead atoms. The molecule has 0 spiro atoms. The van der Waals surface area contributed by atoms with Gasteiger partial charge in [-0.25, -0.2) is 9.59 Å². The second kappa shape index (κ2) is 15.2. The van der Waals surface area contributed by atoms with Gasteiger partial charge in [0, 0.05) is 75.1 Å². The van der Waals surface area contributed by atoms with E-state index in [4.69, 9.17) is 43.2 Å². The van der Waals surface area contributed by atoms with Gasteiger partial charge in [0.2, 0.25) is 5.91 Å². The van der Waals surface area contributed by atoms with E-state index in [0.717, 1.165) is 0 Å². The average molecular weight is 844 g/mol. The SMILES string of the molecule is N=c1ccc2c(-c3c(Cl)cc(C(=O)NCC(=O)NCc4ccc(-c5c6ccc(=O)cc-6oc6cc(O)ccc56)c(C(=O)O)c4)c(Cl)c3C(=O)O)c3ccc(N)cc3oc-2c1. The first-order valence-corrected chi connectivity index (χ1v) is 18.6. The molecule has 0 saturated carbocycles. The third kappa shape index (κ3) is 7.10. The molecular weight excluding hydrogens is 815 g/mol. The lowest BCUT2D eigenvalue weighted by Gasteiger charge is -2.20. The molecule has 14 nitrogen and oxygen atoms in total. The number of hydrogen-bond acceptors (Lipinski definition) is 10. The summed E-state index contributed by atoms with van der Waals surface area (Å²) >= 11 is 13.4. The monoisotopic (exact) mass is 842 g/mol. The maximum Gasteiger partial charge on any atom is 0.337 e. The summed E-state index contributed by atoms with van der Waals surface area (Å²) in [7, 11) is 0. The van der Waals surface area contributed by atoms with E-state index < -0.39 is 40.9 Å². The van der Waals surface area contributed by atoms with Gasteiger partial charge in [0.1, 0.15) is 28.4 Å². The molecule has 2 aliphatic heterocycles. The van der Waals surface area contributed by atoms with Gasteiger partial charge in [-0.3, -0.25) is 14.4 Å². The molecule has 4 aromatic rings. The summed E-state index contributed by atoms with van der Waals surface area (Å²) in [6, 6.07) is 23.5. The summed E-state index contributed by atoms with van der Waals surface area (Å²) in [6.07, 6.45) is 0. The second-order valence-electron chi connectivity index (χ2n) is 13.7. The Balaban J connectivity index is 1.05. The van der Waals surface area contributed by atoms with Crippen molar-refractivity contribution in [2.45, 2.75) is 6.54 Å². The van der Waals surface area contributed by atoms with Crippen molar-refractivity contribution in [2.75, 3.05) is 12.3 Å². The predicted molar refractivity (Wildman–Crippen MR) is 223 cm³/mol. The molecule has 0 radical (unpaired) electrons. The first kappa shape index (κ1) is 39.2. The van der Waals surface area contributed by atoms with Crippen LogP contribution in [0.15, 0.2) is 111 Å². The quantitative estimate of drug-likeness (QED) is 0.0551. The molecule has 8 N–H and O–H groups in total. The molecule has 298 valence electrons. The van der Waals surface area contributed by atoms with E-state index in [1.807, 2.05) is 0 Å². The first-order chi connectivity index (χ1) is 28.7. The fourth-order valence-electron chi connectivity index (χ4n) is 7.18. The van der Waals surface area contributed by atoms with Crippen molar-refractivity contribution < 1.29 is 43.3 Å². The highest BCUT2D eigenvalue weighted by molar-refractivity contribution is 6.41. The minimum Gasteiger partial charge on any atom is -0.508 e. The number of nitrogen functional groups attached to an aromatic ring is 1. The molecule has 0 unspecified atom stereocenters. The van der Waals surface area contributed by atoms with Crippen LogP contribution in [0, 0.1) is 5.41 Å². The number of rotatable bonds is 9. The molecule has 0 aromatic heterocycles. The van der Waals surface area contributed by atoms with Gasteiger partial charge in [0.15, 0.2) is 5.43 Å². The Labute approximate surface area is 347 Å². The van der Waals surface area contributed by atoms with Gasteiger partial charge in [0.25, 0.3) is 5.91 Å². The topological polar surface area (TPSA) is 246 Å². The van der Waals surface area contributed by atoms with Crippen molar-refractivity contribution in [3.05, 3.63) is 145 Å². The largest absolute Gasteiger partial charge is 0.508 e. The van der Waals surface area contributed by atoms with Gasteiger partial charge in [-0.1, -0.05) is 35.3 Å². The number of anilines is 1. The third-order valence-corrected chi connectivity index (χ3v) is 10.5. The van der Waals surface area contributed by atoms with Crippen LogP contribution in [0.1, 0.15) is 36.6 Å². The number of aromatic hydroxyl groups is 1. The van der Waals surface area contributed by atoms with Crippen LogP contribution in [0.25, 0.3) is 66.8 Å². The number of benzene rings is 6. The van der Waals surface area contributed by atoms with Crippen LogP contribution in [-0.4, -0.2) is 45.6 Å². The van der Waals surface area contributed by atoms with E-state index in [0.29, 0.717) is 44.3 Å². The van der Waals surface area contributed by atoms with E-state index in [2.05, 4.69) is 10.6 Å². The normalized spacial score (nSPS) is 11.3. The number of phenols is 1. The van der Waals surface area contributed by atoms with E-state index in [9.17, 15) is 39.3 Å². The Morgan fingerprint density at radius 2 is 1.35 bits per heavy atom. The van der Waals surface area contributed by atoms with Crippen LogP contribution in [-0.2, 0) is 11.3 Å². The Hall–Kier alpha value is -7.68. The van der Waals surface area contributed by atoms with E-state index in [-0.39, 0.29) is 73.0 Å². The number of fused-ring (bicyclic) bond motifs is 4. The highest BCUT2D eigenvalue weighted by Crippen LogP contribution is 2.47. The number of carbonyl (C=O) groups excluding carboxylic acids is 2. The summed E-state index contributed by atoms with van der Waals surface area (Å²) in [6.45, 7) is -0.718. The highest BCUT2D eigenvalue weighted by atomic mass is 35.5. The summed E-state index contributed by atoms with van der Waals surface area (Å²) in [5.74, 6) is -4.00. The number of carboxylic acids is 2. The van der Waals surface area contributed by atoms with Gasteiger partial charge in [0.05, 0.1) is 38.6 Å². The van der Waals surface area contributed by atoms with Gasteiger partial charge in [-0.15, -0.1) is 0 Å². The number of carbonyl (C=O) groups is 4. The Morgan fingerprint density at radius 1 is 0.683 bits per heavy atom. The number of phenolic OH excluding ortho intramolecular Hbond substituents is 1. The minimum atomic E-state index is -1.50. The lowest BCUT2D eigenvalue weighted by molar-refractivity contribution is -0.120. The van der Waals surface area contributed by atoms with Crippen molar-refractivity contribution in [3.8, 4) is 50.7 Å². The first-order valence-electron chi connectivity index (χ1n) is 17.9. The van der Waals surface area contributed by atoms with E-state index >= 15 is 0 Å². The van der Waals surface area contributed by atoms with Crippen molar-refractivity contribution in [2.24, 2.45) is 0 Å². The van der Waals surface area contributed by atoms with Crippen molar-refractivity contribution in [1.29, 1.82) is 5.41 Å². The molecule has 2 amide bonds. The standard InChI is InChI=1S/C44H28Cl2N4O10/c45-31-16-30(41(46)40(44(57)58)39(31)38-27-7-2-20(47)12-32(27)59-33-13-21(48)3-8-28(33)38)42(54)50-18-36(53)49-17-19-1-6-24(29(11-19)43(55)56)37-25-9-4-22(51)14-34(25)60-35-15-23(52)5-10-26(35)37/h1-16,47,51H,17-18,48H2,(H,49,53)(H,50,54)(H,55,56)(H,57,58). The number of nitrogens with two attached hydrogens (primary N) is 1. The maximum atomic E-state index is 13.5. The summed E-state index contributed by atoms with van der Waals surface area (Å²) in [5, 5.41) is 44.4. The molecule has 4 aliphatic rings. The second-order valence-corrected chi connectivity index (χ2v) is 14.5. The fraction of sp³-hybridized carbons (Fsp3) is 0.0455. The molecule has 0 atom stereocenters. The zero-order valence-electron chi connectivity index (χ0n) is 30.7. The highest BCUT2D eigenvalue weighted by Gasteiger charge is 2.30. The Bertz CT molecular complexity index is 3210. The van der Waals surface area contributed by atoms with Crippen LogP contribution in [0.4, 0.5) is 5.69 Å². The van der Waals surface area contributed by atoms with Gasteiger partial charge >= 0.3 is 11.9 Å². The van der Waals surface area contributed by atoms with Crippen molar-refractivity contribution in [1.82, 2.24) is 10.6 Å². The third-order valence-electron chi connectivity index (χ3n) is 9.83. The zero-order chi connectivity index (χ0) is 42.6. The van der Waals surface area contributed by atoms with Gasteiger partial charge < -0.3 is 45.9 Å². The summed E-state index contributed by atoms with van der Waals surface area (Å²) in [5.41, 5.74) is 7.95.